The van der Waals surface area contributed by atoms with E-state index in [4.69, 9.17) is 9.72 Å². The van der Waals surface area contributed by atoms with Crippen molar-refractivity contribution in [1.29, 1.82) is 0 Å². The molecule has 47 heavy (non-hydrogen) atoms. The van der Waals surface area contributed by atoms with Crippen LogP contribution in [-0.4, -0.2) is 75.9 Å². The SMILES string of the molecule is C=CC(=O)Nc1cc(Nc2ncc(-c3nnc(C(F)F)s3)c(-c3cn(C)c4ccccc34)n2)c(OC)cc1N(C)C1C2CN(C)CC21. The quantitative estimate of drug-likeness (QED) is 0.176. The van der Waals surface area contributed by atoms with Gasteiger partial charge < -0.3 is 29.7 Å². The largest absolute Gasteiger partial charge is 0.494 e. The van der Waals surface area contributed by atoms with Gasteiger partial charge in [0.15, 0.2) is 10.0 Å². The van der Waals surface area contributed by atoms with Crippen LogP contribution in [0, 0.1) is 11.8 Å². The smallest absolute Gasteiger partial charge is 0.291 e. The number of benzene rings is 2. The minimum atomic E-state index is -2.74. The average molecular weight is 658 g/mol. The molecule has 1 saturated carbocycles. The number of piperidine rings is 1. The second kappa shape index (κ2) is 12.0. The van der Waals surface area contributed by atoms with Crippen LogP contribution in [0.4, 0.5) is 31.8 Å². The Bertz CT molecular complexity index is 2000. The lowest BCUT2D eigenvalue weighted by molar-refractivity contribution is -0.111. The van der Waals surface area contributed by atoms with Crippen LogP contribution >= 0.6 is 11.3 Å². The molecule has 2 unspecified atom stereocenters. The lowest BCUT2D eigenvalue weighted by Gasteiger charge is -2.27. The topological polar surface area (TPSA) is 113 Å². The summed E-state index contributed by atoms with van der Waals surface area (Å²) in [6, 6.07) is 11.9. The molecule has 242 valence electrons. The third kappa shape index (κ3) is 5.57. The highest BCUT2D eigenvalue weighted by Crippen LogP contribution is 2.51. The number of rotatable bonds is 10. The zero-order valence-corrected chi connectivity index (χ0v) is 27.1. The van der Waals surface area contributed by atoms with Crippen molar-refractivity contribution in [3.8, 4) is 27.6 Å². The molecule has 1 aliphatic carbocycles. The molecule has 1 amide bonds. The summed E-state index contributed by atoms with van der Waals surface area (Å²) in [5.74, 6) is 1.55. The van der Waals surface area contributed by atoms with E-state index in [0.717, 1.165) is 46.6 Å². The highest BCUT2D eigenvalue weighted by molar-refractivity contribution is 7.14. The van der Waals surface area contributed by atoms with Crippen LogP contribution in [0.5, 0.6) is 5.75 Å². The van der Waals surface area contributed by atoms with Crippen LogP contribution in [-0.2, 0) is 11.8 Å². The number of hydrogen-bond acceptors (Lipinski definition) is 10. The second-order valence-electron chi connectivity index (χ2n) is 11.9. The van der Waals surface area contributed by atoms with Crippen molar-refractivity contribution in [3.05, 3.63) is 66.5 Å². The molecule has 14 heteroatoms. The summed E-state index contributed by atoms with van der Waals surface area (Å²) >= 11 is 0.803. The standard InChI is InChI=1S/C33H33F2N9O2S/c1-6-27(45)37-22-11-23(26(46-5)12-25(22)44(4)29-20-14-42(2)15-21(20)29)38-33-36-13-18(31-40-41-32(47-31)30(34)35)28(39-33)19-16-43(3)24-10-8-7-9-17(19)24/h6-13,16,20-21,29-30H,1,14-15H2,2-5H3,(H,37,45)(H,36,38,39). The first-order chi connectivity index (χ1) is 22.7. The number of halogens is 2. The summed E-state index contributed by atoms with van der Waals surface area (Å²) in [5.41, 5.74) is 4.65. The van der Waals surface area contributed by atoms with E-state index in [2.05, 4.69) is 49.2 Å². The Morgan fingerprint density at radius 3 is 2.62 bits per heavy atom. The van der Waals surface area contributed by atoms with Crippen LogP contribution in [0.25, 0.3) is 32.7 Å². The zero-order valence-electron chi connectivity index (χ0n) is 26.2. The van der Waals surface area contributed by atoms with Gasteiger partial charge in [-0.25, -0.2) is 18.7 Å². The number of amides is 1. The van der Waals surface area contributed by atoms with E-state index in [1.165, 1.54) is 6.08 Å². The molecule has 4 heterocycles. The molecule has 0 bridgehead atoms. The van der Waals surface area contributed by atoms with E-state index in [9.17, 15) is 13.6 Å². The molecule has 2 N–H and O–H groups in total. The molecule has 0 spiro atoms. The summed E-state index contributed by atoms with van der Waals surface area (Å²) in [6.07, 6.45) is 1.98. The van der Waals surface area contributed by atoms with Crippen molar-refractivity contribution in [3.63, 3.8) is 0 Å². The molecule has 2 atom stereocenters. The van der Waals surface area contributed by atoms with Gasteiger partial charge in [0, 0.05) is 68.2 Å². The number of carbonyl (C=O) groups excluding carboxylic acids is 1. The first kappa shape index (κ1) is 30.7. The summed E-state index contributed by atoms with van der Waals surface area (Å²) in [6.45, 7) is 5.70. The predicted octanol–water partition coefficient (Wildman–Crippen LogP) is 5.96. The lowest BCUT2D eigenvalue weighted by Crippen LogP contribution is -2.31. The number of fused-ring (bicyclic) bond motifs is 2. The predicted molar refractivity (Wildman–Crippen MR) is 180 cm³/mol. The van der Waals surface area contributed by atoms with Crippen molar-refractivity contribution in [2.24, 2.45) is 18.9 Å². The molecule has 3 aromatic heterocycles. The third-order valence-electron chi connectivity index (χ3n) is 8.96. The fraction of sp³-hybridized carbons (Fsp3) is 0.303. The number of ether oxygens (including phenoxy) is 1. The molecule has 2 aliphatic rings. The molecular formula is C33H33F2N9O2S. The normalized spacial score (nSPS) is 18.7. The average Bonchev–Trinajstić information content (AvgIpc) is 3.43. The van der Waals surface area contributed by atoms with Crippen molar-refractivity contribution < 1.29 is 18.3 Å². The fourth-order valence-electron chi connectivity index (χ4n) is 6.74. The Morgan fingerprint density at radius 1 is 1.15 bits per heavy atom. The maximum absolute atomic E-state index is 13.5. The number of alkyl halides is 2. The number of anilines is 4. The highest BCUT2D eigenvalue weighted by atomic mass is 32.1. The van der Waals surface area contributed by atoms with Gasteiger partial charge in [-0.1, -0.05) is 36.1 Å². The molecule has 1 aliphatic heterocycles. The van der Waals surface area contributed by atoms with Gasteiger partial charge in [-0.3, -0.25) is 4.79 Å². The molecule has 2 aromatic carbocycles. The maximum Gasteiger partial charge on any atom is 0.291 e. The first-order valence-corrected chi connectivity index (χ1v) is 15.9. The van der Waals surface area contributed by atoms with Crippen molar-refractivity contribution >= 4 is 51.2 Å². The molecule has 1 saturated heterocycles. The monoisotopic (exact) mass is 657 g/mol. The molecule has 7 rings (SSSR count). The van der Waals surface area contributed by atoms with Crippen molar-refractivity contribution in [2.45, 2.75) is 12.5 Å². The number of methoxy groups -OCH3 is 1. The molecule has 11 nitrogen and oxygen atoms in total. The Labute approximate surface area is 273 Å². The minimum absolute atomic E-state index is 0.232. The van der Waals surface area contributed by atoms with Crippen LogP contribution in [0.15, 0.2) is 61.4 Å². The number of aryl methyl sites for hydroxylation is 1. The Kier molecular flexibility index (Phi) is 7.84. The van der Waals surface area contributed by atoms with Crippen LogP contribution in [0.2, 0.25) is 0 Å². The van der Waals surface area contributed by atoms with Gasteiger partial charge in [-0.15, -0.1) is 10.2 Å². The lowest BCUT2D eigenvalue weighted by atomic mass is 10.1. The van der Waals surface area contributed by atoms with E-state index in [1.807, 2.05) is 55.2 Å². The van der Waals surface area contributed by atoms with Gasteiger partial charge in [0.25, 0.3) is 6.43 Å². The van der Waals surface area contributed by atoms with E-state index in [0.29, 0.717) is 46.3 Å². The van der Waals surface area contributed by atoms with E-state index >= 15 is 0 Å². The number of hydrogen-bond donors (Lipinski definition) is 2. The Balaban J connectivity index is 1.30. The van der Waals surface area contributed by atoms with E-state index in [-0.39, 0.29) is 21.9 Å². The third-order valence-corrected chi connectivity index (χ3v) is 9.93. The van der Waals surface area contributed by atoms with Gasteiger partial charge in [0.2, 0.25) is 11.9 Å². The molecule has 0 radical (unpaired) electrons. The number of nitrogens with zero attached hydrogens (tertiary/aromatic N) is 7. The fourth-order valence-corrected chi connectivity index (χ4v) is 7.45. The number of para-hydroxylation sites is 1. The number of nitrogens with one attached hydrogen (secondary N) is 2. The first-order valence-electron chi connectivity index (χ1n) is 15.0. The van der Waals surface area contributed by atoms with Crippen molar-refractivity contribution in [2.75, 3.05) is 49.8 Å². The van der Waals surface area contributed by atoms with E-state index < -0.39 is 6.43 Å². The highest BCUT2D eigenvalue weighted by Gasteiger charge is 2.57. The minimum Gasteiger partial charge on any atom is -0.494 e. The van der Waals surface area contributed by atoms with Gasteiger partial charge >= 0.3 is 0 Å². The van der Waals surface area contributed by atoms with Gasteiger partial charge in [0.05, 0.1) is 35.4 Å². The molecule has 5 aromatic rings. The summed E-state index contributed by atoms with van der Waals surface area (Å²) in [4.78, 5) is 26.5. The Hall–Kier alpha value is -4.95. The van der Waals surface area contributed by atoms with Crippen LogP contribution in [0.3, 0.4) is 0 Å². The van der Waals surface area contributed by atoms with Crippen molar-refractivity contribution in [1.82, 2.24) is 29.6 Å². The van der Waals surface area contributed by atoms with Gasteiger partial charge in [-0.2, -0.15) is 0 Å². The maximum atomic E-state index is 13.5. The summed E-state index contributed by atoms with van der Waals surface area (Å²) in [7, 11) is 7.69. The van der Waals surface area contributed by atoms with Crippen LogP contribution < -0.4 is 20.3 Å². The number of aromatic nitrogens is 5. The van der Waals surface area contributed by atoms with Gasteiger partial charge in [-0.05, 0) is 37.1 Å². The van der Waals surface area contributed by atoms with Crippen LogP contribution in [0.1, 0.15) is 11.4 Å². The van der Waals surface area contributed by atoms with Gasteiger partial charge in [0.1, 0.15) is 5.75 Å². The summed E-state index contributed by atoms with van der Waals surface area (Å²) < 4.78 is 34.7. The number of likely N-dealkylation sites (tertiary alicyclic amines) is 1. The molecular weight excluding hydrogens is 624 g/mol. The van der Waals surface area contributed by atoms with E-state index in [1.54, 1.807) is 19.4 Å². The number of carbonyl (C=O) groups is 1. The second-order valence-corrected chi connectivity index (χ2v) is 12.9. The zero-order chi connectivity index (χ0) is 33.0. The molecule has 2 fully saturated rings. The summed E-state index contributed by atoms with van der Waals surface area (Å²) in [5, 5.41) is 14.8. The Morgan fingerprint density at radius 2 is 1.91 bits per heavy atom.